The van der Waals surface area contributed by atoms with Gasteiger partial charge in [0.05, 0.1) is 0 Å². The molecule has 2 aromatic heterocycles. The van der Waals surface area contributed by atoms with E-state index in [1.165, 1.54) is 11.3 Å². The van der Waals surface area contributed by atoms with Gasteiger partial charge in [-0.1, -0.05) is 0 Å². The van der Waals surface area contributed by atoms with Crippen molar-refractivity contribution < 1.29 is 0 Å². The Labute approximate surface area is 102 Å². The quantitative estimate of drug-likeness (QED) is 0.847. The van der Waals surface area contributed by atoms with Crippen molar-refractivity contribution in [3.8, 4) is 0 Å². The van der Waals surface area contributed by atoms with E-state index in [2.05, 4.69) is 38.6 Å². The van der Waals surface area contributed by atoms with Crippen LogP contribution in [0.25, 0.3) is 0 Å². The monoisotopic (exact) mass is 232 g/mol. The van der Waals surface area contributed by atoms with Gasteiger partial charge in [-0.15, -0.1) is 0 Å². The molecule has 0 fully saturated rings. The Morgan fingerprint density at radius 3 is 2.82 bits per heavy atom. The molecule has 2 heterocycles. The number of hydrogen-bond donors (Lipinski definition) is 1. The maximum Gasteiger partial charge on any atom is 0.110 e. The maximum atomic E-state index is 4.34. The van der Waals surface area contributed by atoms with E-state index in [1.54, 1.807) is 0 Å². The average Bonchev–Trinajstić information content (AvgIpc) is 2.86. The summed E-state index contributed by atoms with van der Waals surface area (Å²) in [5.74, 6) is 1.13. The first-order valence-electron chi connectivity index (χ1n) is 5.97. The van der Waals surface area contributed by atoms with Crippen LogP contribution >= 0.6 is 0 Å². The highest BCUT2D eigenvalue weighted by atomic mass is 15.0. The van der Waals surface area contributed by atoms with E-state index in [9.17, 15) is 0 Å². The summed E-state index contributed by atoms with van der Waals surface area (Å²) in [4.78, 5) is 4.34. The van der Waals surface area contributed by atoms with Crippen molar-refractivity contribution in [2.45, 2.75) is 26.4 Å². The smallest absolute Gasteiger partial charge is 0.110 e. The van der Waals surface area contributed by atoms with E-state index in [0.29, 0.717) is 0 Å². The fraction of sp³-hybridized carbons (Fsp3) is 0.462. The largest absolute Gasteiger partial charge is 0.351 e. The topological polar surface area (TPSA) is 34.8 Å². The summed E-state index contributed by atoms with van der Waals surface area (Å²) in [6, 6.07) is 2.18. The highest BCUT2D eigenvalue weighted by molar-refractivity contribution is 5.20. The third-order valence-corrected chi connectivity index (χ3v) is 3.22. The molecule has 0 aromatic carbocycles. The molecule has 0 aliphatic carbocycles. The van der Waals surface area contributed by atoms with Crippen LogP contribution in [0.1, 0.15) is 17.1 Å². The Hall–Kier alpha value is -1.55. The van der Waals surface area contributed by atoms with Crippen molar-refractivity contribution in [3.05, 3.63) is 41.7 Å². The molecule has 0 radical (unpaired) electrons. The van der Waals surface area contributed by atoms with Gasteiger partial charge in [0.2, 0.25) is 0 Å². The Balaban J connectivity index is 2.02. The lowest BCUT2D eigenvalue weighted by atomic mass is 10.2. The molecule has 0 spiro atoms. The van der Waals surface area contributed by atoms with Gasteiger partial charge in [-0.05, 0) is 25.6 Å². The number of imidazole rings is 1. The van der Waals surface area contributed by atoms with Gasteiger partial charge in [0, 0.05) is 50.8 Å². The summed E-state index contributed by atoms with van der Waals surface area (Å²) in [5, 5.41) is 3.19. The minimum Gasteiger partial charge on any atom is -0.351 e. The molecule has 1 N–H and O–H groups in total. The van der Waals surface area contributed by atoms with Gasteiger partial charge in [-0.2, -0.15) is 0 Å². The first kappa shape index (κ1) is 11.9. The van der Waals surface area contributed by atoms with Crippen molar-refractivity contribution in [2.24, 2.45) is 7.05 Å². The Morgan fingerprint density at radius 1 is 1.35 bits per heavy atom. The summed E-state index contributed by atoms with van der Waals surface area (Å²) in [7, 11) is 4.02. The minimum atomic E-state index is 0.932. The zero-order valence-electron chi connectivity index (χ0n) is 10.8. The van der Waals surface area contributed by atoms with Gasteiger partial charge in [0.15, 0.2) is 0 Å². The minimum absolute atomic E-state index is 0.932. The molecule has 17 heavy (non-hydrogen) atoms. The van der Waals surface area contributed by atoms with Crippen LogP contribution in [0.15, 0.2) is 24.7 Å². The Bertz CT molecular complexity index is 481. The van der Waals surface area contributed by atoms with Crippen LogP contribution in [-0.2, 0) is 26.6 Å². The van der Waals surface area contributed by atoms with E-state index in [4.69, 9.17) is 0 Å². The van der Waals surface area contributed by atoms with Crippen LogP contribution in [0.5, 0.6) is 0 Å². The second-order valence-corrected chi connectivity index (χ2v) is 4.35. The maximum absolute atomic E-state index is 4.34. The standard InChI is InChI=1S/C13H20N4/c1-11-12(10-14-2)4-7-17(11)8-5-13-15-6-9-16(13)3/h4,6-7,9,14H,5,8,10H2,1-3H3. The molecule has 0 aliphatic rings. The molecule has 0 saturated carbocycles. The summed E-state index contributed by atoms with van der Waals surface area (Å²) >= 11 is 0. The Morgan fingerprint density at radius 2 is 2.18 bits per heavy atom. The lowest BCUT2D eigenvalue weighted by Gasteiger charge is -2.07. The molecule has 0 saturated heterocycles. The number of nitrogens with zero attached hydrogens (tertiary/aromatic N) is 3. The number of hydrogen-bond acceptors (Lipinski definition) is 2. The summed E-state index contributed by atoms with van der Waals surface area (Å²) < 4.78 is 4.37. The number of nitrogens with one attached hydrogen (secondary N) is 1. The summed E-state index contributed by atoms with van der Waals surface area (Å²) in [6.07, 6.45) is 6.97. The molecule has 2 rings (SSSR count). The molecule has 0 amide bonds. The molecule has 4 nitrogen and oxygen atoms in total. The molecule has 92 valence electrons. The van der Waals surface area contributed by atoms with Crippen molar-refractivity contribution in [3.63, 3.8) is 0 Å². The van der Waals surface area contributed by atoms with Crippen molar-refractivity contribution in [1.82, 2.24) is 19.4 Å². The van der Waals surface area contributed by atoms with E-state index < -0.39 is 0 Å². The van der Waals surface area contributed by atoms with E-state index in [0.717, 1.165) is 25.3 Å². The van der Waals surface area contributed by atoms with Gasteiger partial charge in [-0.25, -0.2) is 4.98 Å². The zero-order chi connectivity index (χ0) is 12.3. The van der Waals surface area contributed by atoms with Crippen LogP contribution in [0.4, 0.5) is 0 Å². The van der Waals surface area contributed by atoms with Crippen LogP contribution in [-0.4, -0.2) is 21.2 Å². The molecule has 4 heteroatoms. The first-order chi connectivity index (χ1) is 8.22. The van der Waals surface area contributed by atoms with Gasteiger partial charge >= 0.3 is 0 Å². The third kappa shape index (κ3) is 2.58. The number of aryl methyl sites for hydroxylation is 3. The number of aromatic nitrogens is 3. The average molecular weight is 232 g/mol. The SMILES string of the molecule is CNCc1ccn(CCc2nccn2C)c1C. The highest BCUT2D eigenvalue weighted by Gasteiger charge is 2.05. The van der Waals surface area contributed by atoms with Crippen molar-refractivity contribution in [1.29, 1.82) is 0 Å². The molecule has 0 atom stereocenters. The predicted octanol–water partition coefficient (Wildman–Crippen LogP) is 1.49. The van der Waals surface area contributed by atoms with Gasteiger partial charge in [0.25, 0.3) is 0 Å². The zero-order valence-corrected chi connectivity index (χ0v) is 10.8. The molecule has 0 aliphatic heterocycles. The second kappa shape index (κ2) is 5.19. The summed E-state index contributed by atoms with van der Waals surface area (Å²) in [5.41, 5.74) is 2.71. The van der Waals surface area contributed by atoms with Crippen LogP contribution in [0.2, 0.25) is 0 Å². The molecule has 2 aromatic rings. The normalized spacial score (nSPS) is 11.0. The lowest BCUT2D eigenvalue weighted by molar-refractivity contribution is 0.637. The molecule has 0 unspecified atom stereocenters. The fourth-order valence-electron chi connectivity index (χ4n) is 2.07. The molecule has 0 bridgehead atoms. The Kier molecular flexibility index (Phi) is 3.64. The van der Waals surface area contributed by atoms with Crippen LogP contribution in [0.3, 0.4) is 0 Å². The predicted molar refractivity (Wildman–Crippen MR) is 68.8 cm³/mol. The third-order valence-electron chi connectivity index (χ3n) is 3.22. The van der Waals surface area contributed by atoms with Crippen molar-refractivity contribution in [2.75, 3.05) is 7.05 Å². The lowest BCUT2D eigenvalue weighted by Crippen LogP contribution is -2.09. The van der Waals surface area contributed by atoms with Gasteiger partial charge in [-0.3, -0.25) is 0 Å². The van der Waals surface area contributed by atoms with Crippen LogP contribution < -0.4 is 5.32 Å². The number of rotatable bonds is 5. The van der Waals surface area contributed by atoms with E-state index in [1.807, 2.05) is 26.5 Å². The molecular formula is C13H20N4. The van der Waals surface area contributed by atoms with Crippen molar-refractivity contribution >= 4 is 0 Å². The van der Waals surface area contributed by atoms with Crippen LogP contribution in [0, 0.1) is 6.92 Å². The highest BCUT2D eigenvalue weighted by Crippen LogP contribution is 2.10. The van der Waals surface area contributed by atoms with Gasteiger partial charge in [0.1, 0.15) is 5.82 Å². The summed E-state index contributed by atoms with van der Waals surface area (Å²) in [6.45, 7) is 4.09. The van der Waals surface area contributed by atoms with E-state index >= 15 is 0 Å². The van der Waals surface area contributed by atoms with E-state index in [-0.39, 0.29) is 0 Å². The fourth-order valence-corrected chi connectivity index (χ4v) is 2.07. The van der Waals surface area contributed by atoms with Gasteiger partial charge < -0.3 is 14.5 Å². The first-order valence-corrected chi connectivity index (χ1v) is 5.97. The molecular weight excluding hydrogens is 212 g/mol. The second-order valence-electron chi connectivity index (χ2n) is 4.35.